The van der Waals surface area contributed by atoms with Gasteiger partial charge in [0.15, 0.2) is 5.78 Å². The molecule has 1 saturated carbocycles. The lowest BCUT2D eigenvalue weighted by atomic mass is 10.0. The van der Waals surface area contributed by atoms with E-state index in [4.69, 9.17) is 0 Å². The highest BCUT2D eigenvalue weighted by atomic mass is 16.3. The number of carbonyl (C=O) groups is 1. The Labute approximate surface area is 135 Å². The molecular formula is C20H30O2. The third-order valence-corrected chi connectivity index (χ3v) is 5.60. The number of hydrogen-bond acceptors (Lipinski definition) is 2. The van der Waals surface area contributed by atoms with Crippen LogP contribution in [0.2, 0.25) is 0 Å². The van der Waals surface area contributed by atoms with Crippen LogP contribution >= 0.6 is 0 Å². The molecular weight excluding hydrogens is 272 g/mol. The van der Waals surface area contributed by atoms with Crippen molar-refractivity contribution in [3.8, 4) is 0 Å². The molecule has 2 heteroatoms. The molecule has 0 aromatic carbocycles. The largest absolute Gasteiger partial charge is 0.392 e. The fourth-order valence-corrected chi connectivity index (χ4v) is 3.66. The minimum atomic E-state index is 0.0562. The molecule has 2 rings (SSSR count). The van der Waals surface area contributed by atoms with Gasteiger partial charge in [0.25, 0.3) is 0 Å². The molecule has 0 unspecified atom stereocenters. The molecule has 1 fully saturated rings. The second-order valence-corrected chi connectivity index (χ2v) is 7.58. The third kappa shape index (κ3) is 3.98. The van der Waals surface area contributed by atoms with E-state index in [0.717, 1.165) is 30.4 Å². The van der Waals surface area contributed by atoms with Gasteiger partial charge in [0.2, 0.25) is 0 Å². The van der Waals surface area contributed by atoms with Crippen LogP contribution in [0.4, 0.5) is 0 Å². The summed E-state index contributed by atoms with van der Waals surface area (Å²) < 4.78 is 0. The summed E-state index contributed by atoms with van der Waals surface area (Å²) in [6.07, 6.45) is 11.0. The number of fused-ring (bicyclic) bond motifs is 1. The summed E-state index contributed by atoms with van der Waals surface area (Å²) in [4.78, 5) is 12.3. The van der Waals surface area contributed by atoms with Gasteiger partial charge in [0.1, 0.15) is 0 Å². The first-order valence-electron chi connectivity index (χ1n) is 8.52. The monoisotopic (exact) mass is 302 g/mol. The van der Waals surface area contributed by atoms with E-state index in [1.54, 1.807) is 0 Å². The molecule has 0 amide bonds. The van der Waals surface area contributed by atoms with E-state index in [1.807, 2.05) is 13.0 Å². The van der Waals surface area contributed by atoms with Gasteiger partial charge in [0.05, 0.1) is 6.61 Å². The summed E-state index contributed by atoms with van der Waals surface area (Å²) in [5, 5.41) is 9.42. The molecule has 1 N–H and O–H groups in total. The Morgan fingerprint density at radius 3 is 2.64 bits per heavy atom. The molecule has 2 aliphatic carbocycles. The van der Waals surface area contributed by atoms with Gasteiger partial charge < -0.3 is 5.11 Å². The van der Waals surface area contributed by atoms with Crippen LogP contribution in [0.1, 0.15) is 59.8 Å². The number of ketones is 1. The van der Waals surface area contributed by atoms with Crippen molar-refractivity contribution in [2.75, 3.05) is 6.61 Å². The molecule has 0 bridgehead atoms. The minimum absolute atomic E-state index is 0.0562. The Balaban J connectivity index is 2.20. The Kier molecular flexibility index (Phi) is 5.44. The highest BCUT2D eigenvalue weighted by Crippen LogP contribution is 2.61. The molecule has 2 nitrogen and oxygen atoms in total. The maximum atomic E-state index is 12.3. The molecule has 0 spiro atoms. The third-order valence-electron chi connectivity index (χ3n) is 5.60. The van der Waals surface area contributed by atoms with E-state index >= 15 is 0 Å². The van der Waals surface area contributed by atoms with Crippen LogP contribution < -0.4 is 0 Å². The molecule has 0 aromatic rings. The predicted molar refractivity (Wildman–Crippen MR) is 91.5 cm³/mol. The summed E-state index contributed by atoms with van der Waals surface area (Å²) in [5.74, 6) is 1.43. The summed E-state index contributed by atoms with van der Waals surface area (Å²) in [5.41, 5.74) is 3.64. The van der Waals surface area contributed by atoms with Crippen LogP contribution in [0.5, 0.6) is 0 Å². The van der Waals surface area contributed by atoms with Crippen molar-refractivity contribution in [3.05, 3.63) is 34.9 Å². The lowest BCUT2D eigenvalue weighted by Crippen LogP contribution is -2.01. The molecule has 0 radical (unpaired) electrons. The highest BCUT2D eigenvalue weighted by molar-refractivity contribution is 5.95. The topological polar surface area (TPSA) is 37.3 Å². The van der Waals surface area contributed by atoms with Crippen molar-refractivity contribution < 1.29 is 9.90 Å². The van der Waals surface area contributed by atoms with Gasteiger partial charge in [-0.3, -0.25) is 4.79 Å². The average molecular weight is 302 g/mol. The zero-order chi connectivity index (χ0) is 16.3. The summed E-state index contributed by atoms with van der Waals surface area (Å²) in [6, 6.07) is 0. The van der Waals surface area contributed by atoms with E-state index in [9.17, 15) is 9.90 Å². The van der Waals surface area contributed by atoms with Crippen LogP contribution in [-0.4, -0.2) is 17.5 Å². The number of carbonyl (C=O) groups excluding carboxylic acids is 1. The van der Waals surface area contributed by atoms with Gasteiger partial charge in [0, 0.05) is 6.42 Å². The summed E-state index contributed by atoms with van der Waals surface area (Å²) >= 11 is 0. The Morgan fingerprint density at radius 2 is 1.95 bits per heavy atom. The summed E-state index contributed by atoms with van der Waals surface area (Å²) in [7, 11) is 0. The molecule has 2 atom stereocenters. The first kappa shape index (κ1) is 17.2. The number of aliphatic hydroxyl groups excluding tert-OH is 1. The van der Waals surface area contributed by atoms with Crippen molar-refractivity contribution in [2.24, 2.45) is 17.3 Å². The van der Waals surface area contributed by atoms with Crippen LogP contribution in [0.25, 0.3) is 0 Å². The Hall–Kier alpha value is -1.15. The summed E-state index contributed by atoms with van der Waals surface area (Å²) in [6.45, 7) is 8.84. The van der Waals surface area contributed by atoms with Crippen LogP contribution in [-0.2, 0) is 4.79 Å². The smallest absolute Gasteiger partial charge is 0.162 e. The van der Waals surface area contributed by atoms with Crippen molar-refractivity contribution >= 4 is 5.78 Å². The van der Waals surface area contributed by atoms with Crippen LogP contribution in [0.15, 0.2) is 34.9 Å². The van der Waals surface area contributed by atoms with Gasteiger partial charge in [-0.15, -0.1) is 0 Å². The van der Waals surface area contributed by atoms with Gasteiger partial charge in [-0.05, 0) is 67.9 Å². The van der Waals surface area contributed by atoms with E-state index in [1.165, 1.54) is 12.0 Å². The number of allylic oxidation sites excluding steroid dienone is 5. The van der Waals surface area contributed by atoms with Crippen molar-refractivity contribution in [3.63, 3.8) is 0 Å². The second kappa shape index (κ2) is 6.95. The zero-order valence-electron chi connectivity index (χ0n) is 14.5. The maximum Gasteiger partial charge on any atom is 0.162 e. The van der Waals surface area contributed by atoms with Crippen molar-refractivity contribution in [1.29, 1.82) is 0 Å². The van der Waals surface area contributed by atoms with E-state index < -0.39 is 0 Å². The van der Waals surface area contributed by atoms with Crippen molar-refractivity contribution in [2.45, 2.75) is 59.8 Å². The van der Waals surface area contributed by atoms with Crippen LogP contribution in [0.3, 0.4) is 0 Å². The van der Waals surface area contributed by atoms with E-state index in [0.29, 0.717) is 23.7 Å². The zero-order valence-corrected chi connectivity index (χ0v) is 14.5. The first-order chi connectivity index (χ1) is 10.4. The fraction of sp³-hybridized carbons (Fsp3) is 0.650. The number of hydrogen-bond donors (Lipinski definition) is 1. The van der Waals surface area contributed by atoms with Crippen molar-refractivity contribution in [1.82, 2.24) is 0 Å². The predicted octanol–water partition coefficient (Wildman–Crippen LogP) is 4.60. The molecule has 0 aliphatic heterocycles. The number of Topliss-reactive ketones (excluding diaryl/α,β-unsaturated/α-hetero) is 1. The van der Waals surface area contributed by atoms with Crippen LogP contribution in [0, 0.1) is 17.3 Å². The van der Waals surface area contributed by atoms with Gasteiger partial charge in [-0.25, -0.2) is 0 Å². The second-order valence-electron chi connectivity index (χ2n) is 7.58. The quantitative estimate of drug-likeness (QED) is 0.719. The molecule has 0 heterocycles. The standard InChI is InChI=1S/C20H30O2/c1-14-6-5-7-16(13-21)9-11-19(22)15(2)12-18-17(10-8-14)20(18,3)4/h6,9,12,17-18,21H,5,7-8,10-11,13H2,1-4H3/b14-6+,15-12+,16-9-/t17-,18+/m1/s1. The molecule has 122 valence electrons. The lowest BCUT2D eigenvalue weighted by molar-refractivity contribution is -0.114. The molecule has 0 aromatic heterocycles. The van der Waals surface area contributed by atoms with E-state index in [2.05, 4.69) is 32.9 Å². The van der Waals surface area contributed by atoms with E-state index in [-0.39, 0.29) is 12.4 Å². The SMILES string of the molecule is C/C1=C\CC/C(CO)=C/CC(=O)/C(C)=C/[C@H]2[C@@H](CC1)C2(C)C. The molecule has 22 heavy (non-hydrogen) atoms. The lowest BCUT2D eigenvalue weighted by Gasteiger charge is -2.06. The molecule has 2 aliphatic rings. The number of rotatable bonds is 1. The van der Waals surface area contributed by atoms with Gasteiger partial charge >= 0.3 is 0 Å². The van der Waals surface area contributed by atoms with Gasteiger partial charge in [-0.1, -0.05) is 37.6 Å². The minimum Gasteiger partial charge on any atom is -0.392 e. The van der Waals surface area contributed by atoms with Gasteiger partial charge in [-0.2, -0.15) is 0 Å². The normalized spacial score (nSPS) is 36.8. The Bertz CT molecular complexity index is 520. The highest BCUT2D eigenvalue weighted by Gasteiger charge is 2.55. The fourth-order valence-electron chi connectivity index (χ4n) is 3.66. The molecule has 0 saturated heterocycles. The Morgan fingerprint density at radius 1 is 1.23 bits per heavy atom. The number of aliphatic hydroxyl groups is 1. The maximum absolute atomic E-state index is 12.3. The first-order valence-corrected chi connectivity index (χ1v) is 8.52. The average Bonchev–Trinajstić information content (AvgIpc) is 2.99.